The Kier molecular flexibility index (Phi) is 3.13. The molecule has 2 aromatic rings. The maximum absolute atomic E-state index is 14.0. The van der Waals surface area contributed by atoms with Crippen molar-refractivity contribution in [3.05, 3.63) is 64.3 Å². The fourth-order valence-corrected chi connectivity index (χ4v) is 2.84. The quantitative estimate of drug-likeness (QED) is 0.616. The van der Waals surface area contributed by atoms with Gasteiger partial charge in [-0.3, -0.25) is 4.79 Å². The number of hydrogen-bond donors (Lipinski definition) is 1. The second-order valence-corrected chi connectivity index (χ2v) is 5.64. The van der Waals surface area contributed by atoms with Crippen LogP contribution in [0, 0.1) is 12.7 Å². The first kappa shape index (κ1) is 14.4. The van der Waals surface area contributed by atoms with Gasteiger partial charge in [-0.25, -0.2) is 4.39 Å². The molecule has 0 aromatic heterocycles. The molecular formula is C18H14FN3O2. The van der Waals surface area contributed by atoms with E-state index in [9.17, 15) is 9.18 Å². The van der Waals surface area contributed by atoms with Crippen LogP contribution in [0.1, 0.15) is 5.56 Å². The third-order valence-electron chi connectivity index (χ3n) is 4.06. The molecule has 0 radical (unpaired) electrons. The van der Waals surface area contributed by atoms with Crippen LogP contribution in [0.15, 0.2) is 47.4 Å². The van der Waals surface area contributed by atoms with Crippen molar-refractivity contribution < 1.29 is 9.13 Å². The van der Waals surface area contributed by atoms with E-state index >= 15 is 0 Å². The van der Waals surface area contributed by atoms with Crippen molar-refractivity contribution >= 4 is 10.9 Å². The summed E-state index contributed by atoms with van der Waals surface area (Å²) < 4.78 is 20.1. The maximum atomic E-state index is 14.0. The molecule has 5 nitrogen and oxygen atoms in total. The third kappa shape index (κ3) is 2.07. The summed E-state index contributed by atoms with van der Waals surface area (Å²) in [5.41, 5.74) is 3.07. The predicted molar refractivity (Wildman–Crippen MR) is 89.6 cm³/mol. The lowest BCUT2D eigenvalue weighted by molar-refractivity contribution is 0.386. The first-order valence-corrected chi connectivity index (χ1v) is 7.43. The highest BCUT2D eigenvalue weighted by molar-refractivity contribution is 5.93. The van der Waals surface area contributed by atoms with E-state index in [2.05, 4.69) is 10.1 Å². The third-order valence-corrected chi connectivity index (χ3v) is 4.06. The van der Waals surface area contributed by atoms with Gasteiger partial charge >= 0.3 is 0 Å². The van der Waals surface area contributed by atoms with E-state index in [1.165, 1.54) is 23.9 Å². The van der Waals surface area contributed by atoms with Crippen molar-refractivity contribution in [3.8, 4) is 22.7 Å². The zero-order valence-corrected chi connectivity index (χ0v) is 13.1. The van der Waals surface area contributed by atoms with Gasteiger partial charge in [-0.05, 0) is 31.2 Å². The van der Waals surface area contributed by atoms with Gasteiger partial charge in [0.05, 0.1) is 18.4 Å². The highest BCUT2D eigenvalue weighted by atomic mass is 19.1. The number of fused-ring (bicyclic) bond motifs is 3. The second-order valence-electron chi connectivity index (χ2n) is 5.64. The average Bonchev–Trinajstić information content (AvgIpc) is 2.92. The molecule has 6 heteroatoms. The van der Waals surface area contributed by atoms with E-state index in [0.717, 1.165) is 16.5 Å². The first-order valence-electron chi connectivity index (χ1n) is 7.43. The van der Waals surface area contributed by atoms with Gasteiger partial charge in [-0.15, -0.1) is 0 Å². The number of aryl methyl sites for hydroxylation is 1. The van der Waals surface area contributed by atoms with Crippen LogP contribution in [0.4, 0.5) is 4.39 Å². The molecule has 4 rings (SSSR count). The molecule has 2 aromatic carbocycles. The lowest BCUT2D eigenvalue weighted by Crippen LogP contribution is -2.14. The van der Waals surface area contributed by atoms with Gasteiger partial charge in [-0.2, -0.15) is 9.78 Å². The Morgan fingerprint density at radius 1 is 1.21 bits per heavy atom. The number of pyridine rings is 1. The van der Waals surface area contributed by atoms with Crippen molar-refractivity contribution in [2.24, 2.45) is 0 Å². The molecule has 0 saturated carbocycles. The molecule has 24 heavy (non-hydrogen) atoms. The molecule has 0 atom stereocenters. The van der Waals surface area contributed by atoms with E-state index in [1.807, 2.05) is 25.1 Å². The molecule has 0 spiro atoms. The van der Waals surface area contributed by atoms with Crippen LogP contribution in [-0.4, -0.2) is 21.9 Å². The summed E-state index contributed by atoms with van der Waals surface area (Å²) in [5.74, 6) is -0.418. The van der Waals surface area contributed by atoms with Crippen LogP contribution in [0.5, 0.6) is 5.75 Å². The number of aromatic nitrogens is 3. The van der Waals surface area contributed by atoms with Gasteiger partial charge in [0.1, 0.15) is 5.69 Å². The van der Waals surface area contributed by atoms with Crippen molar-refractivity contribution in [2.75, 3.05) is 7.11 Å². The Hall–Kier alpha value is -3.15. The van der Waals surface area contributed by atoms with Gasteiger partial charge in [0.2, 0.25) is 0 Å². The van der Waals surface area contributed by atoms with Crippen molar-refractivity contribution in [3.63, 3.8) is 0 Å². The van der Waals surface area contributed by atoms with Crippen molar-refractivity contribution in [1.82, 2.24) is 14.8 Å². The largest absolute Gasteiger partial charge is 0.494 e. The van der Waals surface area contributed by atoms with Crippen LogP contribution < -0.4 is 10.3 Å². The minimum Gasteiger partial charge on any atom is -0.494 e. The molecule has 0 amide bonds. The van der Waals surface area contributed by atoms with Crippen molar-refractivity contribution in [1.29, 1.82) is 0 Å². The lowest BCUT2D eigenvalue weighted by Gasteiger charge is -2.04. The van der Waals surface area contributed by atoms with Crippen LogP contribution in [0.3, 0.4) is 0 Å². The van der Waals surface area contributed by atoms with Gasteiger partial charge in [-0.1, -0.05) is 11.6 Å². The van der Waals surface area contributed by atoms with E-state index in [4.69, 9.17) is 4.74 Å². The molecule has 0 saturated heterocycles. The number of H-pyrrole nitrogens is 1. The number of nitrogens with zero attached hydrogens (tertiary/aromatic N) is 2. The molecule has 0 fully saturated rings. The molecule has 2 aliphatic rings. The molecule has 2 heterocycles. The number of halogens is 1. The first-order chi connectivity index (χ1) is 11.6. The summed E-state index contributed by atoms with van der Waals surface area (Å²) >= 11 is 0. The molecular weight excluding hydrogens is 309 g/mol. The number of nitrogens with one attached hydrogen (secondary N) is 1. The monoisotopic (exact) mass is 323 g/mol. The summed E-state index contributed by atoms with van der Waals surface area (Å²) in [6.07, 6.45) is 1.64. The van der Waals surface area contributed by atoms with E-state index in [0.29, 0.717) is 16.9 Å². The van der Waals surface area contributed by atoms with Crippen LogP contribution >= 0.6 is 0 Å². The highest BCUT2D eigenvalue weighted by Crippen LogP contribution is 2.27. The fraction of sp³-hybridized carbons (Fsp3) is 0.111. The zero-order chi connectivity index (χ0) is 16.8. The summed E-state index contributed by atoms with van der Waals surface area (Å²) in [5, 5.41) is 5.28. The SMILES string of the molecule is COc1ccc(-n2nc3c4cc(C)ccc4[nH]cc-3c2=O)cc1F. The molecule has 0 bridgehead atoms. The highest BCUT2D eigenvalue weighted by Gasteiger charge is 2.19. The second kappa shape index (κ2) is 5.19. The predicted octanol–water partition coefficient (Wildman–Crippen LogP) is 3.27. The fourth-order valence-electron chi connectivity index (χ4n) is 2.84. The van der Waals surface area contributed by atoms with Gasteiger partial charge in [0, 0.05) is 23.2 Å². The Morgan fingerprint density at radius 3 is 2.79 bits per heavy atom. The normalized spacial score (nSPS) is 11.3. The number of methoxy groups -OCH3 is 1. The maximum Gasteiger partial charge on any atom is 0.282 e. The summed E-state index contributed by atoms with van der Waals surface area (Å²) in [4.78, 5) is 15.8. The van der Waals surface area contributed by atoms with Crippen LogP contribution in [0.25, 0.3) is 27.8 Å². The van der Waals surface area contributed by atoms with Gasteiger partial charge < -0.3 is 9.72 Å². The van der Waals surface area contributed by atoms with E-state index in [-0.39, 0.29) is 11.3 Å². The lowest BCUT2D eigenvalue weighted by atomic mass is 10.1. The Morgan fingerprint density at radius 2 is 2.04 bits per heavy atom. The minimum absolute atomic E-state index is 0.123. The molecule has 2 aliphatic heterocycles. The van der Waals surface area contributed by atoms with Gasteiger partial charge in [0.25, 0.3) is 5.56 Å². The smallest absolute Gasteiger partial charge is 0.282 e. The van der Waals surface area contributed by atoms with Crippen LogP contribution in [0.2, 0.25) is 0 Å². The summed E-state index contributed by atoms with van der Waals surface area (Å²) in [6, 6.07) is 10.2. The Bertz CT molecular complexity index is 1100. The molecule has 0 unspecified atom stereocenters. The Labute approximate surface area is 136 Å². The number of ether oxygens (including phenoxy) is 1. The number of rotatable bonds is 2. The summed E-state index contributed by atoms with van der Waals surface area (Å²) in [7, 11) is 1.39. The standard InChI is InChI=1S/C18H14FN3O2/c1-10-3-5-15-12(7-10)17-13(9-20-15)18(23)22(21-17)11-4-6-16(24-2)14(19)8-11/h3-9,20H,1-2H3. The van der Waals surface area contributed by atoms with Crippen LogP contribution in [-0.2, 0) is 0 Å². The number of benzene rings is 2. The molecule has 120 valence electrons. The van der Waals surface area contributed by atoms with E-state index in [1.54, 1.807) is 12.3 Å². The zero-order valence-electron chi connectivity index (χ0n) is 13.1. The minimum atomic E-state index is -0.541. The molecule has 0 aliphatic carbocycles. The van der Waals surface area contributed by atoms with Crippen molar-refractivity contribution in [2.45, 2.75) is 6.92 Å². The number of hydrogen-bond acceptors (Lipinski definition) is 3. The summed E-state index contributed by atoms with van der Waals surface area (Å²) in [6.45, 7) is 1.98. The Balaban J connectivity index is 2.00. The number of aromatic amines is 1. The van der Waals surface area contributed by atoms with Gasteiger partial charge in [0.15, 0.2) is 11.6 Å². The molecule has 1 N–H and O–H groups in total. The topological polar surface area (TPSA) is 59.9 Å². The average molecular weight is 323 g/mol. The van der Waals surface area contributed by atoms with E-state index < -0.39 is 5.82 Å².